The minimum atomic E-state index is -3.79. The van der Waals surface area contributed by atoms with E-state index in [1.54, 1.807) is 0 Å². The first-order chi connectivity index (χ1) is 9.49. The van der Waals surface area contributed by atoms with Gasteiger partial charge in [-0.25, -0.2) is 17.7 Å². The Bertz CT molecular complexity index is 738. The average Bonchev–Trinajstić information content (AvgIpc) is 2.57. The molecule has 2 amide bonds. The molecule has 1 aliphatic rings. The van der Waals surface area contributed by atoms with Gasteiger partial charge in [0.1, 0.15) is 5.82 Å². The van der Waals surface area contributed by atoms with Gasteiger partial charge in [-0.05, 0) is 31.5 Å². The Labute approximate surface area is 126 Å². The summed E-state index contributed by atoms with van der Waals surface area (Å²) in [5.41, 5.74) is 0.331. The minimum absolute atomic E-state index is 0.0169. The van der Waals surface area contributed by atoms with Gasteiger partial charge in [-0.3, -0.25) is 9.59 Å². The normalized spacial score (nSPS) is 23.0. The van der Waals surface area contributed by atoms with Gasteiger partial charge in [0.05, 0.1) is 17.1 Å². The van der Waals surface area contributed by atoms with Crippen LogP contribution in [0.15, 0.2) is 12.1 Å². The SMILES string of the molecule is Cc1cc(N2C(=O)CC(C)(S(C)(=O)=O)C2=O)cc(F)c1Cl. The number of aryl methyl sites for hydroxylation is 1. The van der Waals surface area contributed by atoms with Gasteiger partial charge in [-0.2, -0.15) is 0 Å². The first-order valence-electron chi connectivity index (χ1n) is 6.01. The lowest BCUT2D eigenvalue weighted by Crippen LogP contribution is -2.43. The number of hydrogen-bond acceptors (Lipinski definition) is 4. The maximum atomic E-state index is 13.7. The molecule has 1 aromatic rings. The van der Waals surface area contributed by atoms with Crippen molar-refractivity contribution in [2.75, 3.05) is 11.2 Å². The van der Waals surface area contributed by atoms with Crippen LogP contribution in [-0.2, 0) is 19.4 Å². The van der Waals surface area contributed by atoms with Gasteiger partial charge in [0.25, 0.3) is 5.91 Å². The van der Waals surface area contributed by atoms with Crippen molar-refractivity contribution in [3.8, 4) is 0 Å². The highest BCUT2D eigenvalue weighted by Crippen LogP contribution is 2.36. The summed E-state index contributed by atoms with van der Waals surface area (Å²) < 4.78 is 35.4. The van der Waals surface area contributed by atoms with Crippen LogP contribution in [0.3, 0.4) is 0 Å². The second-order valence-corrected chi connectivity index (χ2v) is 8.10. The van der Waals surface area contributed by atoms with Crippen LogP contribution >= 0.6 is 11.6 Å². The Morgan fingerprint density at radius 3 is 2.33 bits per heavy atom. The van der Waals surface area contributed by atoms with Crippen molar-refractivity contribution in [2.45, 2.75) is 25.0 Å². The van der Waals surface area contributed by atoms with Crippen molar-refractivity contribution in [3.63, 3.8) is 0 Å². The minimum Gasteiger partial charge on any atom is -0.274 e. The van der Waals surface area contributed by atoms with E-state index in [2.05, 4.69) is 0 Å². The fourth-order valence-corrected chi connectivity index (χ4v) is 3.08. The monoisotopic (exact) mass is 333 g/mol. The largest absolute Gasteiger partial charge is 0.274 e. The lowest BCUT2D eigenvalue weighted by molar-refractivity contribution is -0.121. The highest BCUT2D eigenvalue weighted by Gasteiger charge is 2.55. The average molecular weight is 334 g/mol. The molecule has 2 rings (SSSR count). The van der Waals surface area contributed by atoms with Crippen LogP contribution in [0.1, 0.15) is 18.9 Å². The summed E-state index contributed by atoms with van der Waals surface area (Å²) in [5, 5.41) is -0.108. The Morgan fingerprint density at radius 1 is 1.33 bits per heavy atom. The fraction of sp³-hybridized carbons (Fsp3) is 0.385. The van der Waals surface area contributed by atoms with E-state index in [1.807, 2.05) is 0 Å². The van der Waals surface area contributed by atoms with E-state index < -0.39 is 38.6 Å². The van der Waals surface area contributed by atoms with Crippen molar-refractivity contribution >= 4 is 38.9 Å². The molecule has 1 heterocycles. The van der Waals surface area contributed by atoms with Crippen LogP contribution in [0, 0.1) is 12.7 Å². The van der Waals surface area contributed by atoms with E-state index >= 15 is 0 Å². The quantitative estimate of drug-likeness (QED) is 0.774. The standard InChI is InChI=1S/C13H13ClFNO4S/c1-7-4-8(5-9(15)11(7)14)16-10(17)6-13(2,12(16)18)21(3,19)20/h4-5H,6H2,1-3H3. The van der Waals surface area contributed by atoms with Crippen LogP contribution in [0.4, 0.5) is 10.1 Å². The molecule has 0 bridgehead atoms. The number of anilines is 1. The van der Waals surface area contributed by atoms with Crippen molar-refractivity contribution in [1.82, 2.24) is 0 Å². The summed E-state index contributed by atoms with van der Waals surface area (Å²) in [6.07, 6.45) is 0.434. The number of carbonyl (C=O) groups excluding carboxylic acids is 2. The van der Waals surface area contributed by atoms with Gasteiger partial charge in [-0.15, -0.1) is 0 Å². The Hall–Kier alpha value is -1.47. The van der Waals surface area contributed by atoms with E-state index in [-0.39, 0.29) is 10.7 Å². The first-order valence-corrected chi connectivity index (χ1v) is 8.28. The summed E-state index contributed by atoms with van der Waals surface area (Å²) in [5.74, 6) is -2.34. The Balaban J connectivity index is 2.57. The van der Waals surface area contributed by atoms with E-state index in [0.29, 0.717) is 10.5 Å². The molecule has 0 radical (unpaired) electrons. The number of carbonyl (C=O) groups is 2. The third kappa shape index (κ3) is 2.34. The third-order valence-corrected chi connectivity index (χ3v) is 6.10. The van der Waals surface area contributed by atoms with Gasteiger partial charge in [-0.1, -0.05) is 11.6 Å². The number of hydrogen-bond donors (Lipinski definition) is 0. The first kappa shape index (κ1) is 15.9. The van der Waals surface area contributed by atoms with Gasteiger partial charge < -0.3 is 0 Å². The molecule has 1 fully saturated rings. The van der Waals surface area contributed by atoms with Gasteiger partial charge in [0.15, 0.2) is 14.6 Å². The van der Waals surface area contributed by atoms with Gasteiger partial charge >= 0.3 is 0 Å². The maximum absolute atomic E-state index is 13.7. The molecule has 1 saturated heterocycles. The smallest absolute Gasteiger partial charge is 0.255 e. The summed E-state index contributed by atoms with van der Waals surface area (Å²) in [6, 6.07) is 2.31. The molecule has 21 heavy (non-hydrogen) atoms. The molecular formula is C13H13ClFNO4S. The van der Waals surface area contributed by atoms with E-state index in [1.165, 1.54) is 19.9 Å². The highest BCUT2D eigenvalue weighted by molar-refractivity contribution is 7.93. The molecule has 1 aromatic carbocycles. The predicted molar refractivity (Wildman–Crippen MR) is 76.5 cm³/mol. The number of sulfone groups is 1. The van der Waals surface area contributed by atoms with E-state index in [0.717, 1.165) is 12.3 Å². The molecule has 1 atom stereocenters. The summed E-state index contributed by atoms with van der Waals surface area (Å²) in [7, 11) is -3.79. The zero-order chi connectivity index (χ0) is 16.2. The van der Waals surface area contributed by atoms with Crippen LogP contribution in [-0.4, -0.2) is 31.2 Å². The lowest BCUT2D eigenvalue weighted by atomic mass is 10.1. The molecule has 114 valence electrons. The predicted octanol–water partition coefficient (Wildman–Crippen LogP) is 1.85. The number of rotatable bonds is 2. The van der Waals surface area contributed by atoms with Crippen molar-refractivity contribution in [1.29, 1.82) is 0 Å². The fourth-order valence-electron chi connectivity index (χ4n) is 2.18. The number of imide groups is 1. The summed E-state index contributed by atoms with van der Waals surface area (Å²) in [6.45, 7) is 2.72. The molecule has 0 saturated carbocycles. The molecule has 8 heteroatoms. The molecule has 5 nitrogen and oxygen atoms in total. The van der Waals surface area contributed by atoms with Crippen LogP contribution in [0.25, 0.3) is 0 Å². The van der Waals surface area contributed by atoms with Crippen LogP contribution < -0.4 is 4.90 Å². The Kier molecular flexibility index (Phi) is 3.62. The lowest BCUT2D eigenvalue weighted by Gasteiger charge is -2.20. The second kappa shape index (κ2) is 4.78. The molecule has 1 unspecified atom stereocenters. The second-order valence-electron chi connectivity index (χ2n) is 5.27. The Morgan fingerprint density at radius 2 is 1.90 bits per heavy atom. The number of amides is 2. The molecule has 1 aliphatic heterocycles. The summed E-state index contributed by atoms with van der Waals surface area (Å²) in [4.78, 5) is 25.1. The third-order valence-electron chi connectivity index (χ3n) is 3.66. The van der Waals surface area contributed by atoms with Crippen molar-refractivity contribution in [2.24, 2.45) is 0 Å². The zero-order valence-corrected chi connectivity index (χ0v) is 13.2. The van der Waals surface area contributed by atoms with Crippen LogP contribution in [0.2, 0.25) is 5.02 Å². The maximum Gasteiger partial charge on any atom is 0.255 e. The number of nitrogens with zero attached hydrogens (tertiary/aromatic N) is 1. The van der Waals surface area contributed by atoms with Crippen molar-refractivity contribution < 1.29 is 22.4 Å². The van der Waals surface area contributed by atoms with Gasteiger partial charge in [0, 0.05) is 6.26 Å². The topological polar surface area (TPSA) is 71.5 Å². The molecule has 0 aromatic heterocycles. The summed E-state index contributed by atoms with van der Waals surface area (Å²) >= 11 is 5.70. The highest BCUT2D eigenvalue weighted by atomic mass is 35.5. The van der Waals surface area contributed by atoms with Gasteiger partial charge in [0.2, 0.25) is 5.91 Å². The van der Waals surface area contributed by atoms with Crippen molar-refractivity contribution in [3.05, 3.63) is 28.5 Å². The zero-order valence-electron chi connectivity index (χ0n) is 11.6. The molecule has 0 N–H and O–H groups in total. The number of benzene rings is 1. The number of halogens is 2. The molecule has 0 spiro atoms. The van der Waals surface area contributed by atoms with E-state index in [4.69, 9.17) is 11.6 Å². The van der Waals surface area contributed by atoms with Crippen LogP contribution in [0.5, 0.6) is 0 Å². The molecular weight excluding hydrogens is 321 g/mol. The van der Waals surface area contributed by atoms with E-state index in [9.17, 15) is 22.4 Å². The molecule has 0 aliphatic carbocycles.